The number of aryl methyl sites for hydroxylation is 1. The number of nitrogens with zero attached hydrogens (tertiary/aromatic N) is 3. The van der Waals surface area contributed by atoms with Crippen LogP contribution in [0.1, 0.15) is 11.9 Å². The Morgan fingerprint density at radius 1 is 1.73 bits per heavy atom. The van der Waals surface area contributed by atoms with Crippen LogP contribution in [0.2, 0.25) is 0 Å². The highest BCUT2D eigenvalue weighted by Gasteiger charge is 2.11. The van der Waals surface area contributed by atoms with E-state index in [-0.39, 0.29) is 18.3 Å². The Labute approximate surface area is 63.8 Å². The van der Waals surface area contributed by atoms with E-state index in [1.807, 2.05) is 0 Å². The molecule has 0 fully saturated rings. The van der Waals surface area contributed by atoms with Crippen molar-refractivity contribution in [3.05, 3.63) is 5.82 Å². The van der Waals surface area contributed by atoms with Crippen molar-refractivity contribution < 1.29 is 5.11 Å². The average molecular weight is 157 g/mol. The quantitative estimate of drug-likeness (QED) is 0.479. The van der Waals surface area contributed by atoms with Gasteiger partial charge >= 0.3 is 0 Å². The van der Waals surface area contributed by atoms with Gasteiger partial charge in [0.1, 0.15) is 6.10 Å². The van der Waals surface area contributed by atoms with Crippen molar-refractivity contribution in [2.45, 2.75) is 6.10 Å². The molecular formula is C5H11N5O. The van der Waals surface area contributed by atoms with Gasteiger partial charge < -0.3 is 16.6 Å². The fraction of sp³-hybridized carbons (Fsp3) is 0.600. The molecule has 6 heteroatoms. The van der Waals surface area contributed by atoms with Gasteiger partial charge in [-0.1, -0.05) is 0 Å². The number of hydrogen-bond acceptors (Lipinski definition) is 5. The molecule has 0 spiro atoms. The zero-order chi connectivity index (χ0) is 8.43. The molecule has 1 rings (SSSR count). The van der Waals surface area contributed by atoms with Crippen LogP contribution in [-0.4, -0.2) is 26.4 Å². The van der Waals surface area contributed by atoms with E-state index in [2.05, 4.69) is 10.1 Å². The molecule has 0 aliphatic carbocycles. The second-order valence-electron chi connectivity index (χ2n) is 2.20. The Morgan fingerprint density at radius 3 is 2.73 bits per heavy atom. The molecule has 62 valence electrons. The minimum Gasteiger partial charge on any atom is -0.384 e. The van der Waals surface area contributed by atoms with E-state index in [0.717, 1.165) is 0 Å². The number of hydrogen-bond donors (Lipinski definition) is 3. The van der Waals surface area contributed by atoms with Gasteiger partial charge in [-0.25, -0.2) is 4.68 Å². The highest BCUT2D eigenvalue weighted by molar-refractivity contribution is 5.16. The lowest BCUT2D eigenvalue weighted by Crippen LogP contribution is -2.13. The van der Waals surface area contributed by atoms with Gasteiger partial charge in [0.05, 0.1) is 0 Å². The molecule has 11 heavy (non-hydrogen) atoms. The van der Waals surface area contributed by atoms with Gasteiger partial charge in [0.15, 0.2) is 5.82 Å². The minimum absolute atomic E-state index is 0.101. The third-order valence-corrected chi connectivity index (χ3v) is 1.33. The summed E-state index contributed by atoms with van der Waals surface area (Å²) in [7, 11) is 1.65. The zero-order valence-corrected chi connectivity index (χ0v) is 6.23. The number of nitrogens with two attached hydrogens (primary N) is 2. The maximum absolute atomic E-state index is 9.15. The van der Waals surface area contributed by atoms with Crippen LogP contribution < -0.4 is 11.5 Å². The van der Waals surface area contributed by atoms with E-state index in [1.165, 1.54) is 4.68 Å². The molecule has 0 radical (unpaired) electrons. The van der Waals surface area contributed by atoms with E-state index in [4.69, 9.17) is 16.6 Å². The molecule has 0 aliphatic heterocycles. The molecule has 0 saturated carbocycles. The third kappa shape index (κ3) is 1.47. The number of aliphatic hydroxyl groups excluding tert-OH is 1. The van der Waals surface area contributed by atoms with Crippen LogP contribution in [0.5, 0.6) is 0 Å². The monoisotopic (exact) mass is 157 g/mol. The second-order valence-corrected chi connectivity index (χ2v) is 2.20. The number of aromatic nitrogens is 3. The molecule has 1 heterocycles. The highest BCUT2D eigenvalue weighted by Crippen LogP contribution is 2.06. The molecule has 1 aromatic heterocycles. The second kappa shape index (κ2) is 2.85. The minimum atomic E-state index is -0.821. The first kappa shape index (κ1) is 7.96. The van der Waals surface area contributed by atoms with Crippen molar-refractivity contribution >= 4 is 5.95 Å². The van der Waals surface area contributed by atoms with Crippen molar-refractivity contribution in [1.29, 1.82) is 0 Å². The molecule has 0 aliphatic rings. The largest absolute Gasteiger partial charge is 0.384 e. The molecule has 0 bridgehead atoms. The number of nitrogen functional groups attached to an aromatic ring is 1. The smallest absolute Gasteiger partial charge is 0.218 e. The molecular weight excluding hydrogens is 146 g/mol. The number of anilines is 1. The topological polar surface area (TPSA) is 103 Å². The lowest BCUT2D eigenvalue weighted by Gasteiger charge is -1.99. The Morgan fingerprint density at radius 2 is 2.36 bits per heavy atom. The normalized spacial score (nSPS) is 13.4. The molecule has 0 unspecified atom stereocenters. The summed E-state index contributed by atoms with van der Waals surface area (Å²) in [4.78, 5) is 3.78. The van der Waals surface area contributed by atoms with Crippen LogP contribution in [-0.2, 0) is 7.05 Å². The fourth-order valence-electron chi connectivity index (χ4n) is 0.664. The lowest BCUT2D eigenvalue weighted by molar-refractivity contribution is 0.176. The summed E-state index contributed by atoms with van der Waals surface area (Å²) in [6, 6.07) is 0. The van der Waals surface area contributed by atoms with Gasteiger partial charge in [0, 0.05) is 13.6 Å². The van der Waals surface area contributed by atoms with E-state index in [9.17, 15) is 0 Å². The van der Waals surface area contributed by atoms with Crippen LogP contribution >= 0.6 is 0 Å². The highest BCUT2D eigenvalue weighted by atomic mass is 16.3. The molecule has 0 aromatic carbocycles. The summed E-state index contributed by atoms with van der Waals surface area (Å²) in [6.45, 7) is 0.101. The summed E-state index contributed by atoms with van der Waals surface area (Å²) >= 11 is 0. The summed E-state index contributed by atoms with van der Waals surface area (Å²) in [5.74, 6) is 0.542. The van der Waals surface area contributed by atoms with Crippen molar-refractivity contribution in [3.8, 4) is 0 Å². The standard InChI is InChI=1S/C5H11N5O/c1-10-5(7)8-4(9-10)3(11)2-6/h3,11H,2,6H2,1H3,(H2,7,8,9)/t3-/m0/s1. The van der Waals surface area contributed by atoms with Crippen LogP contribution in [0.25, 0.3) is 0 Å². The van der Waals surface area contributed by atoms with E-state index >= 15 is 0 Å². The Bertz CT molecular complexity index is 226. The van der Waals surface area contributed by atoms with E-state index < -0.39 is 6.10 Å². The Kier molecular flexibility index (Phi) is 2.06. The summed E-state index contributed by atoms with van der Waals surface area (Å²) < 4.78 is 1.38. The Hall–Kier alpha value is -1.14. The number of aliphatic hydroxyl groups is 1. The first-order valence-electron chi connectivity index (χ1n) is 3.19. The average Bonchev–Trinajstić information content (AvgIpc) is 2.31. The van der Waals surface area contributed by atoms with Gasteiger partial charge in [-0.2, -0.15) is 10.1 Å². The van der Waals surface area contributed by atoms with Crippen LogP contribution in [0.3, 0.4) is 0 Å². The van der Waals surface area contributed by atoms with Crippen molar-refractivity contribution in [2.75, 3.05) is 12.3 Å². The summed E-state index contributed by atoms with van der Waals surface area (Å²) in [5, 5.41) is 13.0. The van der Waals surface area contributed by atoms with Gasteiger partial charge in [-0.15, -0.1) is 0 Å². The van der Waals surface area contributed by atoms with Crippen molar-refractivity contribution in [2.24, 2.45) is 12.8 Å². The molecule has 6 nitrogen and oxygen atoms in total. The Balaban J connectivity index is 2.88. The van der Waals surface area contributed by atoms with Gasteiger partial charge in [0.2, 0.25) is 5.95 Å². The van der Waals surface area contributed by atoms with Gasteiger partial charge in [-0.05, 0) is 0 Å². The van der Waals surface area contributed by atoms with Gasteiger partial charge in [0.25, 0.3) is 0 Å². The van der Waals surface area contributed by atoms with Crippen molar-refractivity contribution in [3.63, 3.8) is 0 Å². The zero-order valence-electron chi connectivity index (χ0n) is 6.23. The van der Waals surface area contributed by atoms with E-state index in [0.29, 0.717) is 0 Å². The summed E-state index contributed by atoms with van der Waals surface area (Å²) in [5.41, 5.74) is 10.6. The first-order chi connectivity index (χ1) is 5.15. The van der Waals surface area contributed by atoms with Crippen LogP contribution in [0.4, 0.5) is 5.95 Å². The van der Waals surface area contributed by atoms with E-state index in [1.54, 1.807) is 7.05 Å². The lowest BCUT2D eigenvalue weighted by atomic mass is 10.3. The van der Waals surface area contributed by atoms with Gasteiger partial charge in [-0.3, -0.25) is 0 Å². The molecule has 1 aromatic rings. The summed E-state index contributed by atoms with van der Waals surface area (Å²) in [6.07, 6.45) is -0.821. The predicted octanol–water partition coefficient (Wildman–Crippen LogP) is -1.61. The van der Waals surface area contributed by atoms with Crippen LogP contribution in [0, 0.1) is 0 Å². The maximum atomic E-state index is 9.15. The SMILES string of the molecule is Cn1nc([C@@H](O)CN)nc1N. The fourth-order valence-corrected chi connectivity index (χ4v) is 0.664. The molecule has 0 amide bonds. The maximum Gasteiger partial charge on any atom is 0.218 e. The van der Waals surface area contributed by atoms with Crippen molar-refractivity contribution in [1.82, 2.24) is 14.8 Å². The predicted molar refractivity (Wildman–Crippen MR) is 39.4 cm³/mol. The molecule has 0 saturated heterocycles. The molecule has 5 N–H and O–H groups in total. The first-order valence-corrected chi connectivity index (χ1v) is 3.19. The number of rotatable bonds is 2. The third-order valence-electron chi connectivity index (χ3n) is 1.33. The molecule has 1 atom stereocenters. The van der Waals surface area contributed by atoms with Crippen LogP contribution in [0.15, 0.2) is 0 Å².